The maximum absolute atomic E-state index is 11.9. The van der Waals surface area contributed by atoms with E-state index in [4.69, 9.17) is 9.11 Å². The van der Waals surface area contributed by atoms with Crippen molar-refractivity contribution in [3.8, 4) is 0 Å². The van der Waals surface area contributed by atoms with Gasteiger partial charge in [0.1, 0.15) is 0 Å². The molecule has 23 heavy (non-hydrogen) atoms. The third kappa shape index (κ3) is 15.0. The molecule has 0 aromatic heterocycles. The Hall–Kier alpha value is -0.310. The van der Waals surface area contributed by atoms with Crippen molar-refractivity contribution >= 4 is 30.1 Å². The lowest BCUT2D eigenvalue weighted by molar-refractivity contribution is 0.362. The topological polar surface area (TPSA) is 149 Å². The van der Waals surface area contributed by atoms with E-state index in [1.165, 1.54) is 9.80 Å². The average Bonchev–Trinajstić information content (AvgIpc) is 2.37. The first-order chi connectivity index (χ1) is 10.2. The molecule has 0 aromatic carbocycles. The summed E-state index contributed by atoms with van der Waals surface area (Å²) in [6.07, 6.45) is 0. The van der Waals surface area contributed by atoms with Crippen molar-refractivity contribution in [3.05, 3.63) is 0 Å². The van der Waals surface area contributed by atoms with Crippen molar-refractivity contribution in [2.75, 3.05) is 63.3 Å². The van der Waals surface area contributed by atoms with E-state index in [2.05, 4.69) is 0 Å². The Balaban J connectivity index is 4.14. The van der Waals surface area contributed by atoms with Gasteiger partial charge in [0, 0.05) is 26.2 Å². The Morgan fingerprint density at radius 2 is 0.870 bits per heavy atom. The van der Waals surface area contributed by atoms with Gasteiger partial charge in [0.15, 0.2) is 9.84 Å². The van der Waals surface area contributed by atoms with Crippen molar-refractivity contribution in [3.63, 3.8) is 0 Å². The highest BCUT2D eigenvalue weighted by Gasteiger charge is 2.15. The van der Waals surface area contributed by atoms with Gasteiger partial charge in [0.05, 0.1) is 23.0 Å². The number of hydrogen-bond acceptors (Lipinski definition) is 8. The van der Waals surface area contributed by atoms with Crippen LogP contribution in [0.3, 0.4) is 0 Å². The first kappa shape index (κ1) is 22.7. The second-order valence-electron chi connectivity index (χ2n) is 5.33. The fourth-order valence-corrected chi connectivity index (χ4v) is 3.93. The van der Waals surface area contributed by atoms with Crippen LogP contribution in [-0.4, -0.2) is 107 Å². The van der Waals surface area contributed by atoms with Crippen LogP contribution in [0, 0.1) is 0 Å². The molecule has 10 nitrogen and oxygen atoms in total. The number of hydrogen-bond donors (Lipinski definition) is 2. The highest BCUT2D eigenvalue weighted by atomic mass is 32.2. The van der Waals surface area contributed by atoms with Crippen LogP contribution in [0.25, 0.3) is 0 Å². The monoisotopic (exact) mass is 396 g/mol. The Bertz CT molecular complexity index is 604. The molecule has 0 spiro atoms. The first-order valence-corrected chi connectivity index (χ1v) is 11.7. The number of nitrogens with zero attached hydrogens (tertiary/aromatic N) is 2. The predicted octanol–water partition coefficient (Wildman–Crippen LogP) is -1.96. The molecule has 0 fully saturated rings. The summed E-state index contributed by atoms with van der Waals surface area (Å²) in [6, 6.07) is 0. The quantitative estimate of drug-likeness (QED) is 0.356. The van der Waals surface area contributed by atoms with Crippen molar-refractivity contribution in [1.82, 2.24) is 9.80 Å². The Kier molecular flexibility index (Phi) is 9.12. The highest BCUT2D eigenvalue weighted by molar-refractivity contribution is 7.91. The van der Waals surface area contributed by atoms with Crippen LogP contribution in [0.5, 0.6) is 0 Å². The molecule has 140 valence electrons. The molecule has 0 saturated carbocycles. The lowest BCUT2D eigenvalue weighted by Crippen LogP contribution is -2.34. The van der Waals surface area contributed by atoms with E-state index in [-0.39, 0.29) is 37.7 Å². The highest BCUT2D eigenvalue weighted by Crippen LogP contribution is 1.96. The summed E-state index contributed by atoms with van der Waals surface area (Å²) in [5.74, 6) is -1.30. The van der Waals surface area contributed by atoms with E-state index in [1.807, 2.05) is 0 Å². The molecule has 0 aliphatic carbocycles. The second kappa shape index (κ2) is 9.25. The smallest absolute Gasteiger partial charge is 0.266 e. The van der Waals surface area contributed by atoms with Gasteiger partial charge in [-0.1, -0.05) is 0 Å². The van der Waals surface area contributed by atoms with Crippen molar-refractivity contribution < 1.29 is 34.4 Å². The summed E-state index contributed by atoms with van der Waals surface area (Å²) in [7, 11) is -8.47. The third-order valence-electron chi connectivity index (χ3n) is 3.03. The zero-order chi connectivity index (χ0) is 18.3. The summed E-state index contributed by atoms with van der Waals surface area (Å²) in [6.45, 7) is 0.268. The van der Waals surface area contributed by atoms with Gasteiger partial charge in [-0.25, -0.2) is 8.42 Å². The molecule has 0 radical (unpaired) electrons. The molecule has 13 heteroatoms. The summed E-state index contributed by atoms with van der Waals surface area (Å²) in [5.41, 5.74) is 0. The summed E-state index contributed by atoms with van der Waals surface area (Å²) in [5, 5.41) is 0. The zero-order valence-electron chi connectivity index (χ0n) is 13.1. The summed E-state index contributed by atoms with van der Waals surface area (Å²) in [4.78, 5) is 2.96. The minimum atomic E-state index is -4.08. The number of rotatable bonds is 12. The molecule has 0 heterocycles. The van der Waals surface area contributed by atoms with Crippen LogP contribution in [-0.2, 0) is 30.1 Å². The minimum Gasteiger partial charge on any atom is -0.304 e. The number of sulfone groups is 1. The van der Waals surface area contributed by atoms with E-state index in [9.17, 15) is 25.3 Å². The Labute approximate surface area is 137 Å². The largest absolute Gasteiger partial charge is 0.304 e. The molecule has 0 bridgehead atoms. The second-order valence-corrected chi connectivity index (χ2v) is 10.8. The molecule has 0 aromatic rings. The molecule has 0 rings (SSSR count). The van der Waals surface area contributed by atoms with Crippen LogP contribution < -0.4 is 0 Å². The van der Waals surface area contributed by atoms with Crippen molar-refractivity contribution in [1.29, 1.82) is 0 Å². The maximum Gasteiger partial charge on any atom is 0.266 e. The SMILES string of the molecule is CN(CCS(=O)(=O)O)CCS(=O)(=O)CCN(C)CCS(=O)(=O)O. The van der Waals surface area contributed by atoms with Gasteiger partial charge in [-0.2, -0.15) is 16.8 Å². The lowest BCUT2D eigenvalue weighted by atomic mass is 10.6. The standard InChI is InChI=1S/C10H24N2O8S3/c1-11(5-9-22(15,16)17)3-7-21(13,14)8-4-12(2)6-10-23(18,19)20/h3-10H2,1-2H3,(H,15,16,17)(H,18,19,20). The molecule has 0 aliphatic heterocycles. The van der Waals surface area contributed by atoms with E-state index in [0.717, 1.165) is 0 Å². The summed E-state index contributed by atoms with van der Waals surface area (Å²) >= 11 is 0. The molecule has 2 N–H and O–H groups in total. The predicted molar refractivity (Wildman–Crippen MR) is 86.5 cm³/mol. The maximum atomic E-state index is 11.9. The molecule has 0 unspecified atom stereocenters. The van der Waals surface area contributed by atoms with E-state index >= 15 is 0 Å². The van der Waals surface area contributed by atoms with Gasteiger partial charge in [0.2, 0.25) is 0 Å². The molecule has 0 atom stereocenters. The molecule has 0 aliphatic rings. The minimum absolute atomic E-state index is 0.0165. The van der Waals surface area contributed by atoms with E-state index in [0.29, 0.717) is 0 Å². The molecule has 0 amide bonds. The van der Waals surface area contributed by atoms with Gasteiger partial charge in [0.25, 0.3) is 20.2 Å². The van der Waals surface area contributed by atoms with Gasteiger partial charge in [-0.3, -0.25) is 9.11 Å². The van der Waals surface area contributed by atoms with Gasteiger partial charge in [-0.15, -0.1) is 0 Å². The molecular formula is C10H24N2O8S3. The van der Waals surface area contributed by atoms with Crippen LogP contribution >= 0.6 is 0 Å². The van der Waals surface area contributed by atoms with Crippen molar-refractivity contribution in [2.24, 2.45) is 0 Å². The van der Waals surface area contributed by atoms with Crippen LogP contribution in [0.4, 0.5) is 0 Å². The van der Waals surface area contributed by atoms with E-state index in [1.54, 1.807) is 14.1 Å². The normalized spacial score (nSPS) is 13.8. The van der Waals surface area contributed by atoms with Crippen LogP contribution in [0.2, 0.25) is 0 Å². The van der Waals surface area contributed by atoms with Crippen molar-refractivity contribution in [2.45, 2.75) is 0 Å². The average molecular weight is 397 g/mol. The third-order valence-corrected chi connectivity index (χ3v) is 6.04. The van der Waals surface area contributed by atoms with Gasteiger partial charge < -0.3 is 9.80 Å². The lowest BCUT2D eigenvalue weighted by Gasteiger charge is -2.18. The zero-order valence-corrected chi connectivity index (χ0v) is 15.6. The van der Waals surface area contributed by atoms with Crippen LogP contribution in [0.1, 0.15) is 0 Å². The Morgan fingerprint density at radius 3 is 1.13 bits per heavy atom. The van der Waals surface area contributed by atoms with Crippen LogP contribution in [0.15, 0.2) is 0 Å². The summed E-state index contributed by atoms with van der Waals surface area (Å²) < 4.78 is 83.3. The molecular weight excluding hydrogens is 372 g/mol. The fourth-order valence-electron chi connectivity index (χ4n) is 1.46. The Morgan fingerprint density at radius 1 is 0.609 bits per heavy atom. The van der Waals surface area contributed by atoms with Gasteiger partial charge >= 0.3 is 0 Å². The first-order valence-electron chi connectivity index (χ1n) is 6.68. The van der Waals surface area contributed by atoms with Gasteiger partial charge in [-0.05, 0) is 14.1 Å². The van der Waals surface area contributed by atoms with E-state index < -0.39 is 41.6 Å². The fraction of sp³-hybridized carbons (Fsp3) is 1.00. The molecule has 0 saturated heterocycles.